The Hall–Kier alpha value is -1.77. The minimum absolute atomic E-state index is 0.297. The van der Waals surface area contributed by atoms with Crippen LogP contribution in [-0.4, -0.2) is 6.67 Å². The third-order valence-corrected chi connectivity index (χ3v) is 6.57. The largest absolute Gasteiger partial charge is 0.293 e. The highest BCUT2D eigenvalue weighted by molar-refractivity contribution is 6.23. The first-order valence-corrected chi connectivity index (χ1v) is 11.7. The molecule has 162 valence electrons. The summed E-state index contributed by atoms with van der Waals surface area (Å²) in [6, 6.07) is 13.4. The van der Waals surface area contributed by atoms with E-state index >= 15 is 0 Å². The number of anilines is 1. The second-order valence-electron chi connectivity index (χ2n) is 9.87. The fourth-order valence-electron chi connectivity index (χ4n) is 4.58. The minimum atomic E-state index is 0.297. The number of para-hydroxylation sites is 2. The molecule has 1 unspecified atom stereocenters. The molecule has 1 atom stereocenters. The molecule has 3 rings (SSSR count). The lowest BCUT2D eigenvalue weighted by molar-refractivity contribution is 0.596. The first-order chi connectivity index (χ1) is 14.1. The molecule has 1 heterocycles. The minimum Gasteiger partial charge on any atom is -0.293 e. The molecule has 0 radical (unpaired) electrons. The van der Waals surface area contributed by atoms with Crippen molar-refractivity contribution in [3.8, 4) is 0 Å². The van der Waals surface area contributed by atoms with Crippen LogP contribution in [0.25, 0.3) is 0 Å². The molecule has 3 heteroatoms. The number of hydrogen-bond acceptors (Lipinski definition) is 1. The van der Waals surface area contributed by atoms with E-state index in [1.807, 2.05) is 0 Å². The molecular formula is C27H38ClN2+. The van der Waals surface area contributed by atoms with E-state index in [1.165, 1.54) is 33.6 Å². The maximum Gasteiger partial charge on any atom is 0.184 e. The van der Waals surface area contributed by atoms with E-state index in [0.717, 1.165) is 0 Å². The Labute approximate surface area is 188 Å². The molecule has 0 aromatic heterocycles. The van der Waals surface area contributed by atoms with Crippen molar-refractivity contribution in [1.82, 2.24) is 4.00 Å². The van der Waals surface area contributed by atoms with Crippen molar-refractivity contribution in [3.63, 3.8) is 0 Å². The molecule has 1 aliphatic rings. The van der Waals surface area contributed by atoms with Crippen molar-refractivity contribution in [3.05, 3.63) is 71.1 Å². The number of benzene rings is 2. The van der Waals surface area contributed by atoms with E-state index < -0.39 is 0 Å². The third-order valence-electron chi connectivity index (χ3n) is 6.18. The summed E-state index contributed by atoms with van der Waals surface area (Å²) in [7, 11) is 0. The first-order valence-electron chi connectivity index (χ1n) is 11.4. The van der Waals surface area contributed by atoms with E-state index in [0.29, 0.717) is 34.3 Å². The van der Waals surface area contributed by atoms with Gasteiger partial charge in [0.15, 0.2) is 24.1 Å². The predicted molar refractivity (Wildman–Crippen MR) is 133 cm³/mol. The molecule has 0 bridgehead atoms. The van der Waals surface area contributed by atoms with Gasteiger partial charge in [-0.1, -0.05) is 91.8 Å². The SMILES string of the molecule is CC(C)c1cccc(C(C)C)c1N1C=C[N+](Cl)(c2c(C(C)C)cccc2C(C)C)C1. The van der Waals surface area contributed by atoms with E-state index in [9.17, 15) is 0 Å². The number of rotatable bonds is 6. The Bertz CT molecular complexity index is 874. The summed E-state index contributed by atoms with van der Waals surface area (Å²) >= 11 is 7.41. The Morgan fingerprint density at radius 2 is 1.10 bits per heavy atom. The Morgan fingerprint density at radius 3 is 1.50 bits per heavy atom. The van der Waals surface area contributed by atoms with Crippen molar-refractivity contribution in [2.24, 2.45) is 0 Å². The van der Waals surface area contributed by atoms with Crippen molar-refractivity contribution in [2.75, 3.05) is 11.6 Å². The van der Waals surface area contributed by atoms with Crippen molar-refractivity contribution in [1.29, 1.82) is 0 Å². The van der Waals surface area contributed by atoms with E-state index in [-0.39, 0.29) is 0 Å². The summed E-state index contributed by atoms with van der Waals surface area (Å²) in [5, 5.41) is 0. The highest BCUT2D eigenvalue weighted by atomic mass is 35.5. The predicted octanol–water partition coefficient (Wildman–Crippen LogP) is 8.59. The monoisotopic (exact) mass is 425 g/mol. The molecule has 2 nitrogen and oxygen atoms in total. The molecule has 0 fully saturated rings. The Kier molecular flexibility index (Phi) is 6.69. The van der Waals surface area contributed by atoms with E-state index in [1.54, 1.807) is 0 Å². The van der Waals surface area contributed by atoms with Gasteiger partial charge in [-0.2, -0.15) is 0 Å². The summed E-state index contributed by atoms with van der Waals surface area (Å²) in [5.41, 5.74) is 8.02. The van der Waals surface area contributed by atoms with Gasteiger partial charge in [0.1, 0.15) is 6.20 Å². The van der Waals surface area contributed by atoms with Crippen LogP contribution in [0.2, 0.25) is 0 Å². The highest BCUT2D eigenvalue weighted by Gasteiger charge is 2.40. The van der Waals surface area contributed by atoms with Crippen molar-refractivity contribution >= 4 is 23.2 Å². The zero-order valence-electron chi connectivity index (χ0n) is 19.9. The molecule has 2 aromatic carbocycles. The van der Waals surface area contributed by atoms with Crippen LogP contribution < -0.4 is 8.90 Å². The lowest BCUT2D eigenvalue weighted by Crippen LogP contribution is -2.39. The van der Waals surface area contributed by atoms with Gasteiger partial charge < -0.3 is 0 Å². The molecule has 0 saturated carbocycles. The average Bonchev–Trinajstić information content (AvgIpc) is 3.09. The summed E-state index contributed by atoms with van der Waals surface area (Å²) in [4.78, 5) is 2.37. The normalized spacial score (nSPS) is 19.2. The van der Waals surface area contributed by atoms with Crippen LogP contribution in [0.15, 0.2) is 48.8 Å². The molecule has 0 saturated heterocycles. The second-order valence-corrected chi connectivity index (χ2v) is 10.5. The van der Waals surface area contributed by atoms with Gasteiger partial charge in [-0.3, -0.25) is 4.90 Å². The van der Waals surface area contributed by atoms with Crippen LogP contribution in [-0.2, 0) is 0 Å². The van der Waals surface area contributed by atoms with Gasteiger partial charge in [0.25, 0.3) is 0 Å². The smallest absolute Gasteiger partial charge is 0.184 e. The maximum atomic E-state index is 7.41. The van der Waals surface area contributed by atoms with Crippen LogP contribution in [0.3, 0.4) is 0 Å². The molecule has 1 aliphatic heterocycles. The lowest BCUT2D eigenvalue weighted by atomic mass is 9.91. The number of hydrogen-bond donors (Lipinski definition) is 0. The van der Waals surface area contributed by atoms with Crippen molar-refractivity contribution < 1.29 is 0 Å². The van der Waals surface area contributed by atoms with Gasteiger partial charge in [-0.25, -0.2) is 0 Å². The van der Waals surface area contributed by atoms with Gasteiger partial charge in [0.05, 0.1) is 11.9 Å². The molecule has 0 spiro atoms. The molecule has 0 aliphatic carbocycles. The van der Waals surface area contributed by atoms with Gasteiger partial charge in [0, 0.05) is 11.1 Å². The standard InChI is InChI=1S/C27H38ClN2/c1-18(2)22-11-9-12-23(19(3)4)26(22)29-15-16-30(28,17-29)27-24(20(5)6)13-10-14-25(27)21(7)8/h9-16,18-21H,17H2,1-8H3/q+1. The summed E-state index contributed by atoms with van der Waals surface area (Å²) in [6.07, 6.45) is 4.36. The number of nitrogens with zero attached hydrogens (tertiary/aromatic N) is 2. The number of quaternary nitrogens is 1. The topological polar surface area (TPSA) is 3.24 Å². The van der Waals surface area contributed by atoms with Crippen LogP contribution in [0.4, 0.5) is 11.4 Å². The highest BCUT2D eigenvalue weighted by Crippen LogP contribution is 2.45. The molecule has 0 amide bonds. The molecule has 2 aromatic rings. The van der Waals surface area contributed by atoms with Gasteiger partial charge in [-0.05, 0) is 34.8 Å². The van der Waals surface area contributed by atoms with Crippen LogP contribution in [0.1, 0.15) is 101 Å². The van der Waals surface area contributed by atoms with Crippen molar-refractivity contribution in [2.45, 2.75) is 79.1 Å². The average molecular weight is 426 g/mol. The van der Waals surface area contributed by atoms with Gasteiger partial charge in [0.2, 0.25) is 0 Å². The van der Waals surface area contributed by atoms with E-state index in [4.69, 9.17) is 11.8 Å². The maximum absolute atomic E-state index is 7.41. The number of halogens is 1. The zero-order chi connectivity index (χ0) is 22.2. The zero-order valence-corrected chi connectivity index (χ0v) is 20.7. The summed E-state index contributed by atoms with van der Waals surface area (Å²) < 4.78 is 0.297. The fraction of sp³-hybridized carbons (Fsp3) is 0.481. The quantitative estimate of drug-likeness (QED) is 0.418. The first kappa shape index (κ1) is 22.9. The summed E-state index contributed by atoms with van der Waals surface area (Å²) in [5.74, 6) is 1.76. The fourth-order valence-corrected chi connectivity index (χ4v) is 4.94. The van der Waals surface area contributed by atoms with Crippen LogP contribution >= 0.6 is 11.8 Å². The second kappa shape index (κ2) is 8.77. The summed E-state index contributed by atoms with van der Waals surface area (Å²) in [6.45, 7) is 18.8. The lowest BCUT2D eigenvalue weighted by Gasteiger charge is -2.31. The van der Waals surface area contributed by atoms with Crippen LogP contribution in [0.5, 0.6) is 0 Å². The Morgan fingerprint density at radius 1 is 0.700 bits per heavy atom. The molecular weight excluding hydrogens is 388 g/mol. The van der Waals surface area contributed by atoms with Gasteiger partial charge in [-0.15, -0.1) is 4.00 Å². The third kappa shape index (κ3) is 4.18. The van der Waals surface area contributed by atoms with Crippen LogP contribution in [0, 0.1) is 0 Å². The molecule has 30 heavy (non-hydrogen) atoms. The molecule has 0 N–H and O–H groups in total. The van der Waals surface area contributed by atoms with E-state index in [2.05, 4.69) is 109 Å². The van der Waals surface area contributed by atoms with Gasteiger partial charge >= 0.3 is 0 Å². The Balaban J connectivity index is 2.12.